The molecule has 0 saturated heterocycles. The van der Waals surface area contributed by atoms with Crippen LogP contribution in [0.5, 0.6) is 0 Å². The van der Waals surface area contributed by atoms with Gasteiger partial charge < -0.3 is 10.6 Å². The van der Waals surface area contributed by atoms with Crippen LogP contribution in [0.4, 0.5) is 4.39 Å². The van der Waals surface area contributed by atoms with E-state index in [2.05, 4.69) is 29.5 Å². The zero-order valence-corrected chi connectivity index (χ0v) is 17.8. The van der Waals surface area contributed by atoms with Crippen LogP contribution in [0.3, 0.4) is 0 Å². The number of nitrogens with zero attached hydrogens (tertiary/aromatic N) is 1. The smallest absolute Gasteiger partial charge is 0.191 e. The average Bonchev–Trinajstić information content (AvgIpc) is 2.60. The molecule has 1 atom stereocenters. The lowest BCUT2D eigenvalue weighted by Gasteiger charge is -2.19. The van der Waals surface area contributed by atoms with Gasteiger partial charge in [-0.2, -0.15) is 0 Å². The van der Waals surface area contributed by atoms with Gasteiger partial charge in [-0.05, 0) is 42.0 Å². The Hall–Kier alpha value is -1.63. The molecule has 1 rings (SSSR count). The van der Waals surface area contributed by atoms with E-state index in [1.54, 1.807) is 7.05 Å². The Labute approximate surface area is 163 Å². The van der Waals surface area contributed by atoms with Gasteiger partial charge >= 0.3 is 0 Å². The first kappa shape index (κ1) is 23.4. The number of guanidine groups is 1. The highest BCUT2D eigenvalue weighted by Crippen LogP contribution is 2.15. The highest BCUT2D eigenvalue weighted by molar-refractivity contribution is 7.89. The van der Waals surface area contributed by atoms with Crippen LogP contribution in [0.15, 0.2) is 23.2 Å². The monoisotopic (exact) mass is 399 g/mol. The summed E-state index contributed by atoms with van der Waals surface area (Å²) in [5, 5.41) is 6.51. The van der Waals surface area contributed by atoms with Crippen molar-refractivity contribution in [3.05, 3.63) is 35.1 Å². The molecular weight excluding hydrogens is 365 g/mol. The van der Waals surface area contributed by atoms with Gasteiger partial charge in [0.05, 0.1) is 5.75 Å². The maximum absolute atomic E-state index is 13.6. The Morgan fingerprint density at radius 2 is 1.89 bits per heavy atom. The molecule has 0 amide bonds. The van der Waals surface area contributed by atoms with Gasteiger partial charge in [0.15, 0.2) is 15.8 Å². The highest BCUT2D eigenvalue weighted by Gasteiger charge is 2.12. The van der Waals surface area contributed by atoms with Crippen LogP contribution in [0.1, 0.15) is 57.1 Å². The van der Waals surface area contributed by atoms with Crippen LogP contribution in [-0.2, 0) is 22.1 Å². The third-order valence-electron chi connectivity index (χ3n) is 4.48. The van der Waals surface area contributed by atoms with E-state index in [4.69, 9.17) is 0 Å². The number of hydrogen-bond acceptors (Lipinski definition) is 3. The summed E-state index contributed by atoms with van der Waals surface area (Å²) in [5.74, 6) is 0.756. The molecule has 7 heteroatoms. The van der Waals surface area contributed by atoms with Gasteiger partial charge in [0.25, 0.3) is 0 Å². The SMILES string of the molecule is CCCCC(CCC)CNC(=NC)NCc1cc(F)ccc1CS(C)(=O)=O. The zero-order valence-electron chi connectivity index (χ0n) is 17.0. The number of benzene rings is 1. The second kappa shape index (κ2) is 12.0. The van der Waals surface area contributed by atoms with E-state index in [9.17, 15) is 12.8 Å². The van der Waals surface area contributed by atoms with Crippen LogP contribution < -0.4 is 10.6 Å². The van der Waals surface area contributed by atoms with E-state index in [-0.39, 0.29) is 11.6 Å². The molecule has 2 N–H and O–H groups in total. The van der Waals surface area contributed by atoms with Crippen molar-refractivity contribution in [1.82, 2.24) is 10.6 Å². The third-order valence-corrected chi connectivity index (χ3v) is 5.31. The lowest BCUT2D eigenvalue weighted by Crippen LogP contribution is -2.39. The van der Waals surface area contributed by atoms with Crippen LogP contribution in [0.2, 0.25) is 0 Å². The van der Waals surface area contributed by atoms with Crippen LogP contribution in [0.25, 0.3) is 0 Å². The maximum atomic E-state index is 13.6. The zero-order chi connectivity index (χ0) is 20.3. The molecule has 5 nitrogen and oxygen atoms in total. The largest absolute Gasteiger partial charge is 0.356 e. The minimum atomic E-state index is -3.19. The van der Waals surface area contributed by atoms with Crippen LogP contribution in [-0.4, -0.2) is 34.2 Å². The Morgan fingerprint density at radius 3 is 2.48 bits per heavy atom. The predicted molar refractivity (Wildman–Crippen MR) is 111 cm³/mol. The number of sulfone groups is 1. The van der Waals surface area contributed by atoms with Crippen molar-refractivity contribution in [1.29, 1.82) is 0 Å². The summed E-state index contributed by atoms with van der Waals surface area (Å²) >= 11 is 0. The molecule has 0 heterocycles. The molecule has 27 heavy (non-hydrogen) atoms. The van der Waals surface area contributed by atoms with Crippen molar-refractivity contribution in [2.75, 3.05) is 19.8 Å². The third kappa shape index (κ3) is 9.75. The fourth-order valence-electron chi connectivity index (χ4n) is 3.07. The molecule has 0 spiro atoms. The van der Waals surface area contributed by atoms with Gasteiger partial charge in [-0.25, -0.2) is 12.8 Å². The van der Waals surface area contributed by atoms with Crippen molar-refractivity contribution in [2.45, 2.75) is 58.2 Å². The summed E-state index contributed by atoms with van der Waals surface area (Å²) in [4.78, 5) is 4.22. The Bertz CT molecular complexity index is 705. The average molecular weight is 400 g/mol. The number of unbranched alkanes of at least 4 members (excludes halogenated alkanes) is 1. The van der Waals surface area contributed by atoms with Crippen molar-refractivity contribution < 1.29 is 12.8 Å². The number of rotatable bonds is 11. The summed E-state index contributed by atoms with van der Waals surface area (Å²) in [6, 6.07) is 4.20. The molecule has 1 aromatic carbocycles. The summed E-state index contributed by atoms with van der Waals surface area (Å²) in [5.41, 5.74) is 1.23. The molecule has 0 aliphatic carbocycles. The fraction of sp³-hybridized carbons (Fsp3) is 0.650. The Balaban J connectivity index is 2.70. The van der Waals surface area contributed by atoms with E-state index in [1.165, 1.54) is 50.1 Å². The molecule has 0 radical (unpaired) electrons. The lowest BCUT2D eigenvalue weighted by molar-refractivity contribution is 0.423. The molecule has 154 valence electrons. The minimum Gasteiger partial charge on any atom is -0.356 e. The normalized spacial score (nSPS) is 13.4. The van der Waals surface area contributed by atoms with E-state index in [0.717, 1.165) is 13.0 Å². The van der Waals surface area contributed by atoms with Gasteiger partial charge in [-0.15, -0.1) is 0 Å². The van der Waals surface area contributed by atoms with Gasteiger partial charge in [0.1, 0.15) is 5.82 Å². The quantitative estimate of drug-likeness (QED) is 0.440. The topological polar surface area (TPSA) is 70.6 Å². The summed E-state index contributed by atoms with van der Waals surface area (Å²) < 4.78 is 36.8. The van der Waals surface area contributed by atoms with Gasteiger partial charge in [-0.1, -0.05) is 39.2 Å². The van der Waals surface area contributed by atoms with Crippen molar-refractivity contribution >= 4 is 15.8 Å². The Kier molecular flexibility index (Phi) is 10.4. The van der Waals surface area contributed by atoms with E-state index < -0.39 is 9.84 Å². The molecule has 0 aliphatic heterocycles. The number of hydrogen-bond donors (Lipinski definition) is 2. The first-order valence-electron chi connectivity index (χ1n) is 9.68. The summed E-state index contributed by atoms with van der Waals surface area (Å²) in [7, 11) is -1.50. The first-order valence-corrected chi connectivity index (χ1v) is 11.7. The molecular formula is C20H34FN3O2S. The van der Waals surface area contributed by atoms with Gasteiger partial charge in [0, 0.05) is 26.4 Å². The Morgan fingerprint density at radius 1 is 1.15 bits per heavy atom. The standard InChI is InChI=1S/C20H34FN3O2S/c1-5-7-9-16(8-6-2)13-23-20(22-3)24-14-18-12-19(21)11-10-17(18)15-27(4,25)26/h10-12,16H,5-9,13-15H2,1-4H3,(H2,22,23,24). The lowest BCUT2D eigenvalue weighted by atomic mass is 9.97. The van der Waals surface area contributed by atoms with Crippen LogP contribution in [0, 0.1) is 11.7 Å². The number of halogens is 1. The molecule has 0 aliphatic rings. The van der Waals surface area contributed by atoms with E-state index in [1.807, 2.05) is 0 Å². The molecule has 0 bridgehead atoms. The molecule has 0 saturated carbocycles. The molecule has 1 unspecified atom stereocenters. The van der Waals surface area contributed by atoms with E-state index in [0.29, 0.717) is 29.5 Å². The van der Waals surface area contributed by atoms with Crippen molar-refractivity contribution in [3.8, 4) is 0 Å². The number of nitrogens with one attached hydrogen (secondary N) is 2. The minimum absolute atomic E-state index is 0.105. The first-order chi connectivity index (χ1) is 12.8. The second-order valence-corrected chi connectivity index (χ2v) is 9.23. The van der Waals surface area contributed by atoms with Gasteiger partial charge in [0.2, 0.25) is 0 Å². The maximum Gasteiger partial charge on any atom is 0.191 e. The van der Waals surface area contributed by atoms with Crippen LogP contribution >= 0.6 is 0 Å². The predicted octanol–water partition coefficient (Wildman–Crippen LogP) is 3.64. The summed E-state index contributed by atoms with van der Waals surface area (Å²) in [6.45, 7) is 5.55. The highest BCUT2D eigenvalue weighted by atomic mass is 32.2. The van der Waals surface area contributed by atoms with E-state index >= 15 is 0 Å². The summed E-state index contributed by atoms with van der Waals surface area (Å²) in [6.07, 6.45) is 7.11. The van der Waals surface area contributed by atoms with Gasteiger partial charge in [-0.3, -0.25) is 4.99 Å². The van der Waals surface area contributed by atoms with Crippen molar-refractivity contribution in [2.24, 2.45) is 10.9 Å². The second-order valence-electron chi connectivity index (χ2n) is 7.09. The molecule has 0 aromatic heterocycles. The fourth-order valence-corrected chi connectivity index (χ4v) is 3.92. The van der Waals surface area contributed by atoms with Crippen molar-refractivity contribution in [3.63, 3.8) is 0 Å². The number of aliphatic imine (C=N–C) groups is 1. The molecule has 1 aromatic rings. The molecule has 0 fully saturated rings.